The predicted molar refractivity (Wildman–Crippen MR) is 99.9 cm³/mol. The summed E-state index contributed by atoms with van der Waals surface area (Å²) in [7, 11) is 1.60. The summed E-state index contributed by atoms with van der Waals surface area (Å²) in [5.41, 5.74) is 2.40. The van der Waals surface area contributed by atoms with Crippen molar-refractivity contribution >= 4 is 11.4 Å². The van der Waals surface area contributed by atoms with Gasteiger partial charge in [-0.25, -0.2) is 0 Å². The number of rotatable bonds is 8. The van der Waals surface area contributed by atoms with E-state index in [4.69, 9.17) is 14.2 Å². The number of ether oxygens (including phenoxy) is 3. The van der Waals surface area contributed by atoms with Crippen LogP contribution in [-0.2, 0) is 0 Å². The zero-order chi connectivity index (χ0) is 18.4. The fourth-order valence-electron chi connectivity index (χ4n) is 2.61. The van der Waals surface area contributed by atoms with Crippen LogP contribution in [0.15, 0.2) is 43.0 Å². The zero-order valence-electron chi connectivity index (χ0n) is 15.2. The van der Waals surface area contributed by atoms with Gasteiger partial charge in [0, 0.05) is 11.1 Å². The van der Waals surface area contributed by atoms with E-state index in [0.29, 0.717) is 35.8 Å². The Kier molecular flexibility index (Phi) is 6.23. The molecule has 4 nitrogen and oxygen atoms in total. The number of methoxy groups -OCH3 is 1. The third-order valence-corrected chi connectivity index (χ3v) is 3.92. The zero-order valence-corrected chi connectivity index (χ0v) is 15.2. The molecule has 0 bridgehead atoms. The Bertz CT molecular complexity index is 760. The first kappa shape index (κ1) is 18.6. The fourth-order valence-corrected chi connectivity index (χ4v) is 2.61. The molecule has 0 aliphatic carbocycles. The second-order valence-corrected chi connectivity index (χ2v) is 5.46. The van der Waals surface area contributed by atoms with Crippen LogP contribution < -0.4 is 14.2 Å². The Hall–Kier alpha value is -2.75. The molecular weight excluding hydrogens is 316 g/mol. The molecule has 0 amide bonds. The quantitative estimate of drug-likeness (QED) is 0.516. The molecule has 132 valence electrons. The van der Waals surface area contributed by atoms with Crippen molar-refractivity contribution in [3.8, 4) is 17.2 Å². The fraction of sp³-hybridized carbons (Fsp3) is 0.286. The molecule has 0 aromatic heterocycles. The van der Waals surface area contributed by atoms with Crippen LogP contribution in [0.1, 0.15) is 35.3 Å². The highest BCUT2D eigenvalue weighted by Gasteiger charge is 2.22. The lowest BCUT2D eigenvalue weighted by molar-refractivity contribution is 0.105. The Balaban J connectivity index is 2.44. The molecule has 0 spiro atoms. The van der Waals surface area contributed by atoms with Gasteiger partial charge in [-0.15, -0.1) is 0 Å². The van der Waals surface area contributed by atoms with Gasteiger partial charge in [-0.3, -0.25) is 4.79 Å². The molecule has 0 saturated heterocycles. The molecule has 2 aromatic rings. The number of carbonyl (C=O) groups is 1. The average molecular weight is 340 g/mol. The maximum atomic E-state index is 13.1. The summed E-state index contributed by atoms with van der Waals surface area (Å²) in [4.78, 5) is 13.1. The molecule has 0 radical (unpaired) electrons. The minimum Gasteiger partial charge on any atom is -0.497 e. The first-order chi connectivity index (χ1) is 12.0. The van der Waals surface area contributed by atoms with E-state index < -0.39 is 0 Å². The van der Waals surface area contributed by atoms with Gasteiger partial charge < -0.3 is 14.2 Å². The van der Waals surface area contributed by atoms with E-state index in [1.165, 1.54) is 0 Å². The van der Waals surface area contributed by atoms with E-state index in [-0.39, 0.29) is 5.78 Å². The molecule has 25 heavy (non-hydrogen) atoms. The Morgan fingerprint density at radius 1 is 0.960 bits per heavy atom. The number of allylic oxidation sites excluding steroid dienone is 1. The van der Waals surface area contributed by atoms with Gasteiger partial charge in [-0.1, -0.05) is 18.7 Å². The minimum atomic E-state index is -0.173. The van der Waals surface area contributed by atoms with Crippen molar-refractivity contribution in [3.63, 3.8) is 0 Å². The van der Waals surface area contributed by atoms with Crippen molar-refractivity contribution in [1.29, 1.82) is 0 Å². The van der Waals surface area contributed by atoms with E-state index in [1.807, 2.05) is 39.0 Å². The Morgan fingerprint density at radius 3 is 2.08 bits per heavy atom. The van der Waals surface area contributed by atoms with Gasteiger partial charge in [0.1, 0.15) is 17.2 Å². The summed E-state index contributed by atoms with van der Waals surface area (Å²) < 4.78 is 16.4. The van der Waals surface area contributed by atoms with Gasteiger partial charge in [0.25, 0.3) is 0 Å². The highest BCUT2D eigenvalue weighted by Crippen LogP contribution is 2.33. The van der Waals surface area contributed by atoms with Crippen molar-refractivity contribution in [3.05, 3.63) is 59.7 Å². The van der Waals surface area contributed by atoms with Gasteiger partial charge >= 0.3 is 0 Å². The topological polar surface area (TPSA) is 44.8 Å². The number of hydrogen-bond donors (Lipinski definition) is 0. The maximum absolute atomic E-state index is 13.1. The Labute approximate surface area is 149 Å². The summed E-state index contributed by atoms with van der Waals surface area (Å²) in [6, 6.07) is 10.9. The molecule has 2 rings (SSSR count). The van der Waals surface area contributed by atoms with E-state index in [0.717, 1.165) is 16.9 Å². The first-order valence-corrected chi connectivity index (χ1v) is 8.30. The number of Topliss-reactive ketones (excluding diaryl/α,β-unsaturated/α-hetero) is 1. The second-order valence-electron chi connectivity index (χ2n) is 5.46. The molecule has 0 saturated carbocycles. The molecule has 0 atom stereocenters. The normalized spacial score (nSPS) is 10.2. The van der Waals surface area contributed by atoms with E-state index >= 15 is 0 Å². The van der Waals surface area contributed by atoms with Crippen molar-refractivity contribution in [2.45, 2.75) is 20.8 Å². The van der Waals surface area contributed by atoms with Gasteiger partial charge in [0.15, 0.2) is 5.78 Å². The number of benzene rings is 2. The molecule has 0 unspecified atom stereocenters. The van der Waals surface area contributed by atoms with Gasteiger partial charge in [-0.2, -0.15) is 0 Å². The van der Waals surface area contributed by atoms with Crippen LogP contribution >= 0.6 is 0 Å². The third-order valence-electron chi connectivity index (χ3n) is 3.92. The number of ketones is 1. The highest BCUT2D eigenvalue weighted by molar-refractivity contribution is 6.29. The molecular formula is C21H24O4. The van der Waals surface area contributed by atoms with E-state index in [1.54, 1.807) is 25.3 Å². The lowest BCUT2D eigenvalue weighted by Crippen LogP contribution is -2.09. The lowest BCUT2D eigenvalue weighted by Gasteiger charge is -2.17. The molecule has 4 heteroatoms. The average Bonchev–Trinajstić information content (AvgIpc) is 2.63. The smallest absolute Gasteiger partial charge is 0.197 e. The predicted octanol–water partition coefficient (Wildman–Crippen LogP) is 4.70. The van der Waals surface area contributed by atoms with Crippen LogP contribution in [0.2, 0.25) is 0 Å². The molecule has 2 aromatic carbocycles. The Morgan fingerprint density at radius 2 is 1.52 bits per heavy atom. The number of hydrogen-bond acceptors (Lipinski definition) is 4. The van der Waals surface area contributed by atoms with Gasteiger partial charge in [-0.05, 0) is 50.6 Å². The molecule has 0 N–H and O–H groups in total. The summed E-state index contributed by atoms with van der Waals surface area (Å²) >= 11 is 0. The van der Waals surface area contributed by atoms with Crippen molar-refractivity contribution in [1.82, 2.24) is 0 Å². The minimum absolute atomic E-state index is 0.173. The number of carbonyl (C=O) groups excluding carboxylic acids is 1. The SMILES string of the molecule is C=C(C(=O)c1c(OCC)ccc(OCC)c1C)c1ccc(OC)cc1. The molecule has 0 aliphatic rings. The second kappa shape index (κ2) is 8.38. The van der Waals surface area contributed by atoms with Crippen LogP contribution in [0, 0.1) is 6.92 Å². The summed E-state index contributed by atoms with van der Waals surface area (Å²) in [5, 5.41) is 0. The van der Waals surface area contributed by atoms with Crippen molar-refractivity contribution in [2.24, 2.45) is 0 Å². The standard InChI is InChI=1S/C21H24O4/c1-6-24-18-12-13-19(25-7-2)20(15(18)4)21(22)14(3)16-8-10-17(23-5)11-9-16/h8-13H,3,6-7H2,1-2,4-5H3. The molecule has 0 fully saturated rings. The van der Waals surface area contributed by atoms with Gasteiger partial charge in [0.2, 0.25) is 0 Å². The van der Waals surface area contributed by atoms with Crippen molar-refractivity contribution < 1.29 is 19.0 Å². The first-order valence-electron chi connectivity index (χ1n) is 8.30. The highest BCUT2D eigenvalue weighted by atomic mass is 16.5. The van der Waals surface area contributed by atoms with E-state index in [2.05, 4.69) is 6.58 Å². The van der Waals surface area contributed by atoms with Crippen LogP contribution in [0.25, 0.3) is 5.57 Å². The largest absolute Gasteiger partial charge is 0.497 e. The summed E-state index contributed by atoms with van der Waals surface area (Å²) in [6.07, 6.45) is 0. The van der Waals surface area contributed by atoms with Crippen molar-refractivity contribution in [2.75, 3.05) is 20.3 Å². The third kappa shape index (κ3) is 4.02. The van der Waals surface area contributed by atoms with Crippen LogP contribution in [0.5, 0.6) is 17.2 Å². The monoisotopic (exact) mass is 340 g/mol. The molecule has 0 aliphatic heterocycles. The summed E-state index contributed by atoms with van der Waals surface area (Å²) in [6.45, 7) is 10.7. The molecule has 0 heterocycles. The maximum Gasteiger partial charge on any atom is 0.197 e. The van der Waals surface area contributed by atoms with Crippen LogP contribution in [0.4, 0.5) is 0 Å². The van der Waals surface area contributed by atoms with Gasteiger partial charge in [0.05, 0.1) is 25.9 Å². The van der Waals surface area contributed by atoms with Crippen LogP contribution in [0.3, 0.4) is 0 Å². The lowest BCUT2D eigenvalue weighted by atomic mass is 9.94. The van der Waals surface area contributed by atoms with Crippen LogP contribution in [-0.4, -0.2) is 26.1 Å². The van der Waals surface area contributed by atoms with E-state index in [9.17, 15) is 4.79 Å². The summed E-state index contributed by atoms with van der Waals surface area (Å²) in [5.74, 6) is 1.78.